The third-order valence-corrected chi connectivity index (χ3v) is 5.20. The lowest BCUT2D eigenvalue weighted by molar-refractivity contribution is -0.128. The summed E-state index contributed by atoms with van der Waals surface area (Å²) in [4.78, 5) is 16.8. The van der Waals surface area contributed by atoms with Gasteiger partial charge in [-0.3, -0.25) is 4.79 Å². The Balaban J connectivity index is 1.50. The van der Waals surface area contributed by atoms with Gasteiger partial charge in [0.1, 0.15) is 0 Å². The van der Waals surface area contributed by atoms with Crippen LogP contribution in [0.4, 0.5) is 0 Å². The van der Waals surface area contributed by atoms with Gasteiger partial charge in [0, 0.05) is 32.5 Å². The van der Waals surface area contributed by atoms with Crippen LogP contribution in [-0.2, 0) is 17.6 Å². The molecule has 122 valence electrons. The third kappa shape index (κ3) is 3.16. The maximum atomic E-state index is 12.6. The van der Waals surface area contributed by atoms with Crippen molar-refractivity contribution in [2.24, 2.45) is 11.3 Å². The molecule has 1 amide bonds. The van der Waals surface area contributed by atoms with Crippen molar-refractivity contribution in [3.63, 3.8) is 0 Å². The smallest absolute Gasteiger partial charge is 0.228 e. The summed E-state index contributed by atoms with van der Waals surface area (Å²) in [5.41, 5.74) is 0.197. The topological polar surface area (TPSA) is 80.0 Å². The van der Waals surface area contributed by atoms with Gasteiger partial charge in [0.2, 0.25) is 11.8 Å². The van der Waals surface area contributed by atoms with Gasteiger partial charge >= 0.3 is 0 Å². The number of aryl methyl sites for hydroxylation is 1. The minimum absolute atomic E-state index is 0.113. The average molecular weight is 306 g/mol. The van der Waals surface area contributed by atoms with Gasteiger partial charge in [-0.1, -0.05) is 31.3 Å². The molecule has 1 unspecified atom stereocenters. The predicted molar refractivity (Wildman–Crippen MR) is 82.3 cm³/mol. The van der Waals surface area contributed by atoms with E-state index in [0.717, 1.165) is 25.3 Å². The molecule has 2 N–H and O–H groups in total. The molecule has 0 radical (unpaired) electrons. The summed E-state index contributed by atoms with van der Waals surface area (Å²) in [7, 11) is 0. The highest BCUT2D eigenvalue weighted by Crippen LogP contribution is 2.44. The number of carbonyl (C=O) groups excluding carboxylic acids is 1. The van der Waals surface area contributed by atoms with E-state index in [0.29, 0.717) is 18.9 Å². The van der Waals surface area contributed by atoms with Crippen LogP contribution in [0, 0.1) is 11.3 Å². The first kappa shape index (κ1) is 15.5. The van der Waals surface area contributed by atoms with E-state index in [2.05, 4.69) is 20.8 Å². The fourth-order valence-corrected chi connectivity index (χ4v) is 3.91. The highest BCUT2D eigenvalue weighted by atomic mass is 16.5. The molecule has 2 fully saturated rings. The fourth-order valence-electron chi connectivity index (χ4n) is 3.91. The van der Waals surface area contributed by atoms with Crippen molar-refractivity contribution in [1.29, 1.82) is 0 Å². The van der Waals surface area contributed by atoms with Crippen LogP contribution in [0.1, 0.15) is 50.7 Å². The minimum atomic E-state index is 0.113. The highest BCUT2D eigenvalue weighted by Gasteiger charge is 2.46. The molecule has 1 aromatic rings. The number of nitrogens with one attached hydrogen (secondary N) is 2. The van der Waals surface area contributed by atoms with Crippen LogP contribution in [-0.4, -0.2) is 35.7 Å². The zero-order valence-corrected chi connectivity index (χ0v) is 13.4. The van der Waals surface area contributed by atoms with E-state index in [4.69, 9.17) is 4.52 Å². The number of aromatic nitrogens is 2. The molecule has 1 saturated heterocycles. The number of rotatable bonds is 5. The molecule has 2 heterocycles. The molecule has 2 aliphatic rings. The zero-order valence-electron chi connectivity index (χ0n) is 13.4. The van der Waals surface area contributed by atoms with Crippen LogP contribution in [0.2, 0.25) is 0 Å². The first-order chi connectivity index (χ1) is 10.7. The molecule has 1 spiro atoms. The van der Waals surface area contributed by atoms with Crippen LogP contribution in [0.5, 0.6) is 0 Å². The van der Waals surface area contributed by atoms with Gasteiger partial charge in [-0.05, 0) is 18.3 Å². The van der Waals surface area contributed by atoms with Crippen LogP contribution in [0.3, 0.4) is 0 Å². The quantitative estimate of drug-likeness (QED) is 0.861. The summed E-state index contributed by atoms with van der Waals surface area (Å²) in [6.45, 7) is 4.37. The van der Waals surface area contributed by atoms with E-state index < -0.39 is 0 Å². The monoisotopic (exact) mass is 306 g/mol. The van der Waals surface area contributed by atoms with E-state index in [-0.39, 0.29) is 17.2 Å². The average Bonchev–Trinajstić information content (AvgIpc) is 3.15. The molecular weight excluding hydrogens is 280 g/mol. The van der Waals surface area contributed by atoms with Gasteiger partial charge in [0.25, 0.3) is 0 Å². The summed E-state index contributed by atoms with van der Waals surface area (Å²) >= 11 is 0. The summed E-state index contributed by atoms with van der Waals surface area (Å²) in [5.74, 6) is 1.63. The lowest BCUT2D eigenvalue weighted by Gasteiger charge is -2.37. The van der Waals surface area contributed by atoms with Gasteiger partial charge in [-0.25, -0.2) is 0 Å². The number of carbonyl (C=O) groups is 1. The van der Waals surface area contributed by atoms with Crippen LogP contribution in [0.25, 0.3) is 0 Å². The number of nitrogens with zero attached hydrogens (tertiary/aromatic N) is 2. The van der Waals surface area contributed by atoms with Crippen molar-refractivity contribution in [2.75, 3.05) is 19.6 Å². The highest BCUT2D eigenvalue weighted by molar-refractivity contribution is 5.80. The van der Waals surface area contributed by atoms with Crippen molar-refractivity contribution in [3.05, 3.63) is 11.7 Å². The van der Waals surface area contributed by atoms with Crippen LogP contribution >= 0.6 is 0 Å². The minimum Gasteiger partial charge on any atom is -0.355 e. The molecule has 1 aromatic heterocycles. The summed E-state index contributed by atoms with van der Waals surface area (Å²) in [6, 6.07) is 0. The van der Waals surface area contributed by atoms with E-state index in [1.165, 1.54) is 32.1 Å². The molecule has 1 saturated carbocycles. The second-order valence-corrected chi connectivity index (χ2v) is 6.61. The largest absolute Gasteiger partial charge is 0.355 e. The third-order valence-electron chi connectivity index (χ3n) is 5.20. The maximum absolute atomic E-state index is 12.6. The lowest BCUT2D eigenvalue weighted by atomic mass is 9.67. The van der Waals surface area contributed by atoms with E-state index in [9.17, 15) is 4.79 Å². The molecule has 0 aromatic carbocycles. The van der Waals surface area contributed by atoms with Crippen molar-refractivity contribution >= 4 is 5.91 Å². The molecular formula is C16H26N4O2. The zero-order chi connectivity index (χ0) is 15.4. The van der Waals surface area contributed by atoms with E-state index in [1.807, 2.05) is 6.92 Å². The maximum Gasteiger partial charge on any atom is 0.228 e. The van der Waals surface area contributed by atoms with Crippen molar-refractivity contribution < 1.29 is 9.32 Å². The van der Waals surface area contributed by atoms with Gasteiger partial charge in [-0.2, -0.15) is 4.98 Å². The van der Waals surface area contributed by atoms with Gasteiger partial charge in [0.15, 0.2) is 5.82 Å². The molecule has 3 rings (SSSR count). The Hall–Kier alpha value is -1.43. The second-order valence-electron chi connectivity index (χ2n) is 6.61. The normalized spacial score (nSPS) is 23.8. The molecule has 0 bridgehead atoms. The molecule has 1 aliphatic carbocycles. The molecule has 6 nitrogen and oxygen atoms in total. The Bertz CT molecular complexity index is 508. The SMILES string of the molecule is CCc1noc(CCNC(=O)C2CNCC23CCCCC3)n1. The number of hydrogen-bond donors (Lipinski definition) is 2. The van der Waals surface area contributed by atoms with Crippen molar-refractivity contribution in [1.82, 2.24) is 20.8 Å². The Morgan fingerprint density at radius 3 is 2.95 bits per heavy atom. The molecule has 1 atom stereocenters. The molecule has 6 heteroatoms. The fraction of sp³-hybridized carbons (Fsp3) is 0.812. The van der Waals surface area contributed by atoms with Gasteiger partial charge < -0.3 is 15.2 Å². The van der Waals surface area contributed by atoms with Crippen LogP contribution in [0.15, 0.2) is 4.52 Å². The summed E-state index contributed by atoms with van der Waals surface area (Å²) in [6.07, 6.45) is 7.56. The van der Waals surface area contributed by atoms with Gasteiger partial charge in [0.05, 0.1) is 5.92 Å². The van der Waals surface area contributed by atoms with Crippen molar-refractivity contribution in [2.45, 2.75) is 51.9 Å². The van der Waals surface area contributed by atoms with Crippen molar-refractivity contribution in [3.8, 4) is 0 Å². The first-order valence-electron chi connectivity index (χ1n) is 8.53. The first-order valence-corrected chi connectivity index (χ1v) is 8.53. The predicted octanol–water partition coefficient (Wildman–Crippen LogP) is 1.46. The Kier molecular flexibility index (Phi) is 4.76. The number of amides is 1. The van der Waals surface area contributed by atoms with Gasteiger partial charge in [-0.15, -0.1) is 0 Å². The Morgan fingerprint density at radius 1 is 1.41 bits per heavy atom. The molecule has 1 aliphatic heterocycles. The Labute approximate surface area is 131 Å². The Morgan fingerprint density at radius 2 is 2.23 bits per heavy atom. The van der Waals surface area contributed by atoms with Crippen LogP contribution < -0.4 is 10.6 Å². The van der Waals surface area contributed by atoms with E-state index >= 15 is 0 Å². The summed E-state index contributed by atoms with van der Waals surface area (Å²) in [5, 5.41) is 10.4. The lowest BCUT2D eigenvalue weighted by Crippen LogP contribution is -2.43. The molecule has 22 heavy (non-hydrogen) atoms. The van der Waals surface area contributed by atoms with E-state index in [1.54, 1.807) is 0 Å². The standard InChI is InChI=1S/C16H26N4O2/c1-2-13-19-14(22-20-13)6-9-18-15(21)12-10-17-11-16(12)7-4-3-5-8-16/h12,17H,2-11H2,1H3,(H,18,21). The second kappa shape index (κ2) is 6.77. The number of hydrogen-bond acceptors (Lipinski definition) is 5. The summed E-state index contributed by atoms with van der Waals surface area (Å²) < 4.78 is 5.15.